The molecule has 1 saturated heterocycles. The van der Waals surface area contributed by atoms with Crippen molar-refractivity contribution in [3.8, 4) is 0 Å². The van der Waals surface area contributed by atoms with Gasteiger partial charge in [0.25, 0.3) is 10.1 Å². The van der Waals surface area contributed by atoms with Crippen molar-refractivity contribution in [2.75, 3.05) is 24.7 Å². The molecule has 9 heteroatoms. The number of ether oxygens (including phenoxy) is 1. The molecule has 1 fully saturated rings. The van der Waals surface area contributed by atoms with Gasteiger partial charge in [0.1, 0.15) is 11.4 Å². The van der Waals surface area contributed by atoms with Crippen LogP contribution in [0.3, 0.4) is 0 Å². The van der Waals surface area contributed by atoms with Gasteiger partial charge in [0.05, 0.1) is 29.8 Å². The molecule has 1 aliphatic heterocycles. The number of halogens is 1. The predicted molar refractivity (Wildman–Crippen MR) is 112 cm³/mol. The second-order valence-corrected chi connectivity index (χ2v) is 9.21. The van der Waals surface area contributed by atoms with E-state index in [9.17, 15) is 8.42 Å². The maximum absolute atomic E-state index is 12.9. The highest BCUT2D eigenvalue weighted by atomic mass is 35.5. The van der Waals surface area contributed by atoms with E-state index in [2.05, 4.69) is 14.9 Å². The highest BCUT2D eigenvalue weighted by molar-refractivity contribution is 7.86. The van der Waals surface area contributed by atoms with Gasteiger partial charge in [-0.05, 0) is 44.0 Å². The Labute approximate surface area is 177 Å². The Balaban J connectivity index is 2.00. The molecule has 1 aliphatic rings. The molecule has 1 aromatic heterocycles. The highest BCUT2D eigenvalue weighted by Gasteiger charge is 2.36. The fraction of sp³-hybridized carbons (Fsp3) is 0.500. The van der Waals surface area contributed by atoms with Crippen molar-refractivity contribution in [2.45, 2.75) is 50.2 Å². The molecular formula is C20H26ClN3O4S. The van der Waals surface area contributed by atoms with Crippen molar-refractivity contribution < 1.29 is 17.3 Å². The van der Waals surface area contributed by atoms with Crippen molar-refractivity contribution in [1.29, 1.82) is 0 Å². The van der Waals surface area contributed by atoms with Crippen LogP contribution in [0.4, 0.5) is 5.82 Å². The Kier molecular flexibility index (Phi) is 6.78. The van der Waals surface area contributed by atoms with E-state index in [0.29, 0.717) is 44.1 Å². The van der Waals surface area contributed by atoms with Gasteiger partial charge in [0.15, 0.2) is 0 Å². The number of aromatic nitrogens is 2. The number of nitrogens with zero attached hydrogens (tertiary/aromatic N) is 3. The second-order valence-electron chi connectivity index (χ2n) is 7.33. The van der Waals surface area contributed by atoms with E-state index in [4.69, 9.17) is 20.5 Å². The van der Waals surface area contributed by atoms with E-state index in [1.165, 1.54) is 12.1 Å². The summed E-state index contributed by atoms with van der Waals surface area (Å²) in [5.41, 5.74) is -0.743. The maximum Gasteiger partial charge on any atom is 0.297 e. The Morgan fingerprint density at radius 3 is 2.69 bits per heavy atom. The molecule has 0 amide bonds. The highest BCUT2D eigenvalue weighted by Crippen LogP contribution is 2.35. The van der Waals surface area contributed by atoms with Gasteiger partial charge >= 0.3 is 0 Å². The number of hydrogen-bond donors (Lipinski definition) is 0. The zero-order chi connectivity index (χ0) is 21.1. The largest absolute Gasteiger partial charge is 0.377 e. The number of morpholine rings is 1. The minimum absolute atomic E-state index is 0.0548. The number of hydrogen-bond acceptors (Lipinski definition) is 7. The van der Waals surface area contributed by atoms with E-state index in [-0.39, 0.29) is 16.2 Å². The van der Waals surface area contributed by atoms with Gasteiger partial charge in [0, 0.05) is 12.6 Å². The molecule has 158 valence electrons. The molecule has 2 aromatic rings. The van der Waals surface area contributed by atoms with E-state index in [0.717, 1.165) is 0 Å². The van der Waals surface area contributed by atoms with Crippen molar-refractivity contribution in [2.24, 2.45) is 0 Å². The summed E-state index contributed by atoms with van der Waals surface area (Å²) in [4.78, 5) is 10.9. The van der Waals surface area contributed by atoms with Crippen molar-refractivity contribution in [3.05, 3.63) is 47.4 Å². The molecule has 7 nitrogen and oxygen atoms in total. The van der Waals surface area contributed by atoms with Crippen LogP contribution in [0, 0.1) is 0 Å². The lowest BCUT2D eigenvalue weighted by atomic mass is 9.96. The fourth-order valence-electron chi connectivity index (χ4n) is 3.46. The normalized spacial score (nSPS) is 19.7. The number of rotatable bonds is 7. The summed E-state index contributed by atoms with van der Waals surface area (Å²) in [5.74, 6) is 0.638. The van der Waals surface area contributed by atoms with Gasteiger partial charge in [-0.1, -0.05) is 31.5 Å². The molecule has 0 radical (unpaired) electrons. The average Bonchev–Trinajstić information content (AvgIpc) is 2.68. The molecule has 1 unspecified atom stereocenters. The van der Waals surface area contributed by atoms with Crippen LogP contribution in [-0.4, -0.2) is 44.2 Å². The van der Waals surface area contributed by atoms with Crippen molar-refractivity contribution in [3.63, 3.8) is 0 Å². The fourth-order valence-corrected chi connectivity index (χ4v) is 4.88. The van der Waals surface area contributed by atoms with Crippen LogP contribution in [0.1, 0.15) is 39.3 Å². The first kappa shape index (κ1) is 22.0. The number of anilines is 1. The van der Waals surface area contributed by atoms with Crippen LogP contribution < -0.4 is 4.90 Å². The summed E-state index contributed by atoms with van der Waals surface area (Å²) in [6, 6.07) is 9.98. The Hall–Kier alpha value is -1.74. The quantitative estimate of drug-likeness (QED) is 0.479. The molecule has 2 atom stereocenters. The molecule has 3 rings (SSSR count). The molecular weight excluding hydrogens is 414 g/mol. The SMILES string of the molecule is CCCC(C)(OS(=O)(=O)c1ccccc1)c1cc(N2CCOC[C@@H]2C)nc(Cl)n1. The molecule has 0 bridgehead atoms. The minimum atomic E-state index is -3.99. The lowest BCUT2D eigenvalue weighted by Crippen LogP contribution is -2.44. The molecule has 2 heterocycles. The van der Waals surface area contributed by atoms with Gasteiger partial charge in [-0.15, -0.1) is 0 Å². The van der Waals surface area contributed by atoms with Crippen LogP contribution in [-0.2, 0) is 24.6 Å². The van der Waals surface area contributed by atoms with Crippen LogP contribution in [0.5, 0.6) is 0 Å². The molecule has 0 N–H and O–H groups in total. The van der Waals surface area contributed by atoms with Crippen LogP contribution in [0.15, 0.2) is 41.3 Å². The Morgan fingerprint density at radius 2 is 2.03 bits per heavy atom. The smallest absolute Gasteiger partial charge is 0.297 e. The summed E-state index contributed by atoms with van der Waals surface area (Å²) in [7, 11) is -3.99. The third kappa shape index (κ3) is 5.06. The first-order chi connectivity index (χ1) is 13.7. The summed E-state index contributed by atoms with van der Waals surface area (Å²) < 4.78 is 37.0. The van der Waals surface area contributed by atoms with E-state index in [1.807, 2.05) is 13.8 Å². The Morgan fingerprint density at radius 1 is 1.31 bits per heavy atom. The zero-order valence-electron chi connectivity index (χ0n) is 16.8. The summed E-state index contributed by atoms with van der Waals surface area (Å²) in [5, 5.41) is 0.0548. The summed E-state index contributed by atoms with van der Waals surface area (Å²) >= 11 is 6.23. The standard InChI is InChI=1S/C20H26ClN3O4S/c1-4-10-20(3,28-29(25,26)16-8-6-5-7-9-16)17-13-18(23-19(21)22-17)24-11-12-27-14-15(24)2/h5-9,13,15H,4,10-12,14H2,1-3H3/t15-,20?/m0/s1. The monoisotopic (exact) mass is 439 g/mol. The molecule has 0 spiro atoms. The molecule has 0 aliphatic carbocycles. The lowest BCUT2D eigenvalue weighted by Gasteiger charge is -2.35. The van der Waals surface area contributed by atoms with Gasteiger partial charge in [0.2, 0.25) is 5.28 Å². The van der Waals surface area contributed by atoms with Gasteiger partial charge < -0.3 is 9.64 Å². The minimum Gasteiger partial charge on any atom is -0.377 e. The average molecular weight is 440 g/mol. The van der Waals surface area contributed by atoms with Crippen LogP contribution in [0.25, 0.3) is 0 Å². The van der Waals surface area contributed by atoms with Crippen LogP contribution in [0.2, 0.25) is 5.28 Å². The predicted octanol–water partition coefficient (Wildman–Crippen LogP) is 3.78. The van der Waals surface area contributed by atoms with Crippen molar-refractivity contribution in [1.82, 2.24) is 9.97 Å². The van der Waals surface area contributed by atoms with E-state index >= 15 is 0 Å². The van der Waals surface area contributed by atoms with Gasteiger partial charge in [-0.3, -0.25) is 4.18 Å². The first-order valence-electron chi connectivity index (χ1n) is 9.65. The molecule has 0 saturated carbocycles. The third-order valence-corrected chi connectivity index (χ3v) is 6.55. The van der Waals surface area contributed by atoms with Gasteiger partial charge in [-0.25, -0.2) is 9.97 Å². The maximum atomic E-state index is 12.9. The number of benzene rings is 1. The third-order valence-electron chi connectivity index (χ3n) is 4.94. The zero-order valence-corrected chi connectivity index (χ0v) is 18.4. The second kappa shape index (κ2) is 8.95. The summed E-state index contributed by atoms with van der Waals surface area (Å²) in [6.07, 6.45) is 1.15. The van der Waals surface area contributed by atoms with E-state index in [1.54, 1.807) is 31.2 Å². The first-order valence-corrected chi connectivity index (χ1v) is 11.4. The van der Waals surface area contributed by atoms with E-state index < -0.39 is 15.7 Å². The lowest BCUT2D eigenvalue weighted by molar-refractivity contribution is 0.0792. The summed E-state index contributed by atoms with van der Waals surface area (Å²) in [6.45, 7) is 7.57. The Bertz CT molecular complexity index is 942. The van der Waals surface area contributed by atoms with Gasteiger partial charge in [-0.2, -0.15) is 8.42 Å². The van der Waals surface area contributed by atoms with Crippen molar-refractivity contribution >= 4 is 27.5 Å². The van der Waals surface area contributed by atoms with Crippen LogP contribution >= 0.6 is 11.6 Å². The molecule has 29 heavy (non-hydrogen) atoms. The topological polar surface area (TPSA) is 81.6 Å². The molecule has 1 aromatic carbocycles.